The Balaban J connectivity index is 1.17. The van der Waals surface area contributed by atoms with Gasteiger partial charge in [-0.25, -0.2) is 4.98 Å². The fourth-order valence-electron chi connectivity index (χ4n) is 5.08. The standard InChI is InChI=1S/C37H39NO11/c1-41-31-15-24(16-32(42-2)35(31)45-5)29(39)20-47-26-11-7-22(8-12-26)28-19-49-37(38-28)23-9-13-27(14-10-23)48-21-30(40)25-17-33(43-3)36(46-6)34(18-25)44-4/h7-19,29-30,39-40H,20-21H2,1-6H3. The molecule has 0 amide bonds. The average Bonchev–Trinajstić information content (AvgIpc) is 3.65. The van der Waals surface area contributed by atoms with Crippen LogP contribution in [-0.2, 0) is 0 Å². The van der Waals surface area contributed by atoms with Crippen molar-refractivity contribution in [2.45, 2.75) is 12.2 Å². The molecule has 2 N–H and O–H groups in total. The first-order valence-corrected chi connectivity index (χ1v) is 15.2. The van der Waals surface area contributed by atoms with Gasteiger partial charge in [0.05, 0.1) is 42.7 Å². The first-order valence-electron chi connectivity index (χ1n) is 15.2. The van der Waals surface area contributed by atoms with Gasteiger partial charge in [0.1, 0.15) is 48.9 Å². The number of nitrogens with zero attached hydrogens (tertiary/aromatic N) is 1. The number of ether oxygens (including phenoxy) is 8. The van der Waals surface area contributed by atoms with Gasteiger partial charge in [0.15, 0.2) is 23.0 Å². The third kappa shape index (κ3) is 7.94. The lowest BCUT2D eigenvalue weighted by Crippen LogP contribution is -2.10. The van der Waals surface area contributed by atoms with Gasteiger partial charge in [-0.05, 0) is 83.9 Å². The van der Waals surface area contributed by atoms with Gasteiger partial charge in [-0.1, -0.05) is 0 Å². The predicted octanol–water partition coefficient (Wildman–Crippen LogP) is 6.29. The van der Waals surface area contributed by atoms with Crippen molar-refractivity contribution >= 4 is 0 Å². The molecule has 0 saturated heterocycles. The maximum Gasteiger partial charge on any atom is 0.226 e. The van der Waals surface area contributed by atoms with Crippen LogP contribution in [0.3, 0.4) is 0 Å². The van der Waals surface area contributed by atoms with Crippen LogP contribution in [0.2, 0.25) is 0 Å². The minimum Gasteiger partial charge on any atom is -0.493 e. The van der Waals surface area contributed by atoms with Crippen LogP contribution in [0.25, 0.3) is 22.7 Å². The Morgan fingerprint density at radius 1 is 0.551 bits per heavy atom. The highest BCUT2D eigenvalue weighted by Gasteiger charge is 2.20. The van der Waals surface area contributed by atoms with E-state index in [2.05, 4.69) is 4.98 Å². The monoisotopic (exact) mass is 673 g/mol. The lowest BCUT2D eigenvalue weighted by molar-refractivity contribution is 0.107. The second-order valence-electron chi connectivity index (χ2n) is 10.7. The fraction of sp³-hybridized carbons (Fsp3) is 0.270. The Morgan fingerprint density at radius 2 is 0.939 bits per heavy atom. The number of aliphatic hydroxyl groups is 2. The molecule has 5 aromatic rings. The van der Waals surface area contributed by atoms with E-state index in [1.54, 1.807) is 54.8 Å². The number of rotatable bonds is 16. The molecular formula is C37H39NO11. The molecule has 0 spiro atoms. The molecule has 2 atom stereocenters. The van der Waals surface area contributed by atoms with Gasteiger partial charge in [0, 0.05) is 11.1 Å². The number of methoxy groups -OCH3 is 6. The lowest BCUT2D eigenvalue weighted by Gasteiger charge is -2.17. The molecule has 0 fully saturated rings. The molecule has 0 radical (unpaired) electrons. The summed E-state index contributed by atoms with van der Waals surface area (Å²) in [5.41, 5.74) is 3.35. The minimum absolute atomic E-state index is 0.00474. The molecule has 258 valence electrons. The van der Waals surface area contributed by atoms with E-state index in [4.69, 9.17) is 42.3 Å². The summed E-state index contributed by atoms with van der Waals surface area (Å²) >= 11 is 0. The van der Waals surface area contributed by atoms with E-state index < -0.39 is 12.2 Å². The van der Waals surface area contributed by atoms with Crippen LogP contribution >= 0.6 is 0 Å². The van der Waals surface area contributed by atoms with Crippen LogP contribution in [0.5, 0.6) is 46.0 Å². The molecule has 0 saturated carbocycles. The molecule has 0 aliphatic heterocycles. The number of benzene rings is 4. The molecule has 2 unspecified atom stereocenters. The smallest absolute Gasteiger partial charge is 0.226 e. The summed E-state index contributed by atoms with van der Waals surface area (Å²) in [7, 11) is 9.11. The highest BCUT2D eigenvalue weighted by molar-refractivity contribution is 5.64. The van der Waals surface area contributed by atoms with E-state index in [1.165, 1.54) is 42.7 Å². The lowest BCUT2D eigenvalue weighted by atomic mass is 10.1. The molecule has 0 bridgehead atoms. The number of oxazole rings is 1. The van der Waals surface area contributed by atoms with E-state index in [9.17, 15) is 10.2 Å². The number of hydrogen-bond acceptors (Lipinski definition) is 12. The van der Waals surface area contributed by atoms with Crippen molar-refractivity contribution in [1.29, 1.82) is 0 Å². The van der Waals surface area contributed by atoms with E-state index in [-0.39, 0.29) is 13.2 Å². The molecular weight excluding hydrogens is 634 g/mol. The van der Waals surface area contributed by atoms with Crippen molar-refractivity contribution < 1.29 is 52.5 Å². The van der Waals surface area contributed by atoms with Crippen LogP contribution in [0, 0.1) is 0 Å². The summed E-state index contributed by atoms with van der Waals surface area (Å²) in [6.45, 7) is 0.0144. The molecule has 49 heavy (non-hydrogen) atoms. The maximum absolute atomic E-state index is 10.8. The van der Waals surface area contributed by atoms with Gasteiger partial charge in [-0.2, -0.15) is 0 Å². The van der Waals surface area contributed by atoms with Crippen molar-refractivity contribution in [3.8, 4) is 68.7 Å². The summed E-state index contributed by atoms with van der Waals surface area (Å²) in [5, 5.41) is 21.5. The minimum atomic E-state index is -0.939. The molecule has 12 heteroatoms. The quantitative estimate of drug-likeness (QED) is 0.122. The molecule has 4 aromatic carbocycles. The summed E-state index contributed by atoms with van der Waals surface area (Å²) in [5.74, 6) is 4.24. The molecule has 0 aliphatic rings. The van der Waals surface area contributed by atoms with Crippen LogP contribution in [0.4, 0.5) is 0 Å². The molecule has 1 aromatic heterocycles. The van der Waals surface area contributed by atoms with Crippen LogP contribution in [0.15, 0.2) is 83.5 Å². The summed E-state index contributed by atoms with van der Waals surface area (Å²) < 4.78 is 49.6. The van der Waals surface area contributed by atoms with Crippen molar-refractivity contribution in [3.63, 3.8) is 0 Å². The fourth-order valence-corrected chi connectivity index (χ4v) is 5.08. The highest BCUT2D eigenvalue weighted by atomic mass is 16.5. The van der Waals surface area contributed by atoms with E-state index >= 15 is 0 Å². The Kier molecular flexibility index (Phi) is 11.3. The molecule has 0 aliphatic carbocycles. The third-order valence-electron chi connectivity index (χ3n) is 7.71. The topological polar surface area (TPSA) is 140 Å². The maximum atomic E-state index is 10.8. The second kappa shape index (κ2) is 16.0. The molecule has 1 heterocycles. The van der Waals surface area contributed by atoms with Crippen LogP contribution < -0.4 is 37.9 Å². The molecule has 5 rings (SSSR count). The summed E-state index contributed by atoms with van der Waals surface area (Å²) in [6.07, 6.45) is -0.293. The van der Waals surface area contributed by atoms with Gasteiger partial charge in [0.25, 0.3) is 0 Å². The highest BCUT2D eigenvalue weighted by Crippen LogP contribution is 2.41. The zero-order chi connectivity index (χ0) is 34.9. The second-order valence-corrected chi connectivity index (χ2v) is 10.7. The van der Waals surface area contributed by atoms with Gasteiger partial charge in [0.2, 0.25) is 17.4 Å². The van der Waals surface area contributed by atoms with Crippen molar-refractivity contribution in [1.82, 2.24) is 4.98 Å². The van der Waals surface area contributed by atoms with E-state index in [0.717, 1.165) is 11.1 Å². The zero-order valence-electron chi connectivity index (χ0n) is 28.1. The van der Waals surface area contributed by atoms with Gasteiger partial charge in [-0.15, -0.1) is 0 Å². The predicted molar refractivity (Wildman–Crippen MR) is 180 cm³/mol. The van der Waals surface area contributed by atoms with Crippen molar-refractivity contribution in [2.24, 2.45) is 0 Å². The van der Waals surface area contributed by atoms with Gasteiger partial charge >= 0.3 is 0 Å². The third-order valence-corrected chi connectivity index (χ3v) is 7.71. The number of aliphatic hydroxyl groups excluding tert-OH is 2. The van der Waals surface area contributed by atoms with Gasteiger partial charge < -0.3 is 52.5 Å². The summed E-state index contributed by atoms with van der Waals surface area (Å²) in [4.78, 5) is 4.64. The Bertz CT molecular complexity index is 1640. The summed E-state index contributed by atoms with van der Waals surface area (Å²) in [6, 6.07) is 21.3. The number of hydrogen-bond donors (Lipinski definition) is 2. The average molecular weight is 674 g/mol. The first kappa shape index (κ1) is 34.7. The Morgan fingerprint density at radius 3 is 1.31 bits per heavy atom. The Labute approximate surface area is 284 Å². The van der Waals surface area contributed by atoms with E-state index in [0.29, 0.717) is 68.7 Å². The normalized spacial score (nSPS) is 12.1. The van der Waals surface area contributed by atoms with Crippen LogP contribution in [0.1, 0.15) is 23.3 Å². The largest absolute Gasteiger partial charge is 0.493 e. The van der Waals surface area contributed by atoms with Crippen molar-refractivity contribution in [2.75, 3.05) is 55.9 Å². The van der Waals surface area contributed by atoms with Gasteiger partial charge in [-0.3, -0.25) is 0 Å². The number of aromatic nitrogens is 1. The molecule has 12 nitrogen and oxygen atoms in total. The van der Waals surface area contributed by atoms with E-state index in [1.807, 2.05) is 24.3 Å². The van der Waals surface area contributed by atoms with Crippen molar-refractivity contribution in [3.05, 3.63) is 90.2 Å². The van der Waals surface area contributed by atoms with Crippen LogP contribution in [-0.4, -0.2) is 71.1 Å². The first-order chi connectivity index (χ1) is 23.8. The SMILES string of the molecule is COc1cc(C(O)COc2ccc(-c3coc(-c4ccc(OCC(O)c5cc(OC)c(OC)c(OC)c5)cc4)n3)cc2)cc(OC)c1OC. The zero-order valence-corrected chi connectivity index (χ0v) is 28.1. The Hall–Kier alpha value is -5.59.